The Kier molecular flexibility index (Phi) is 11.7. The number of nitrogens with two attached hydrogens (primary N) is 2. The number of carbonyl (C=O) groups is 3. The zero-order valence-corrected chi connectivity index (χ0v) is 34.0. The van der Waals surface area contributed by atoms with E-state index in [0.29, 0.717) is 49.6 Å². The molecule has 2 fully saturated rings. The molecule has 7 rings (SSSR count). The number of benzene rings is 2. The molecule has 0 unspecified atom stereocenters. The Morgan fingerprint density at radius 3 is 2.60 bits per heavy atom. The molecule has 2 saturated heterocycles. The number of likely N-dealkylation sites (N-methyl/N-ethyl adjacent to an activating group) is 1. The highest BCUT2D eigenvalue weighted by atomic mass is 16.2. The number of aryl methyl sites for hydroxylation is 3. The molecule has 6 N–H and O–H groups in total. The SMILES string of the molecule is CCc1cc2c(cc1N1CCN(C(=O)CCCCc3cn(CCC[C@H](N)C(=O)N[C@@H]4CCN(CC)C4)c(N)n3)CC1)C(C)(C)c1[nH]c3cc(C#N)ccc3c1C2=O. The second kappa shape index (κ2) is 16.7. The van der Waals surface area contributed by atoms with E-state index >= 15 is 0 Å². The third-order valence-corrected chi connectivity index (χ3v) is 12.5. The van der Waals surface area contributed by atoms with E-state index in [0.717, 1.165) is 116 Å². The van der Waals surface area contributed by atoms with Crippen LogP contribution in [0.4, 0.5) is 11.6 Å². The van der Waals surface area contributed by atoms with Gasteiger partial charge in [0.05, 0.1) is 28.9 Å². The molecule has 13 heteroatoms. The van der Waals surface area contributed by atoms with Crippen LogP contribution in [-0.4, -0.2) is 99.8 Å². The van der Waals surface area contributed by atoms with Crippen LogP contribution in [0.15, 0.2) is 36.5 Å². The molecule has 2 aromatic carbocycles. The number of nitriles is 1. The van der Waals surface area contributed by atoms with E-state index < -0.39 is 11.5 Å². The number of likely N-dealkylation sites (tertiary alicyclic amines) is 1. The molecule has 0 saturated carbocycles. The van der Waals surface area contributed by atoms with Gasteiger partial charge in [0.15, 0.2) is 11.7 Å². The number of hydrogen-bond acceptors (Lipinski definition) is 9. The number of anilines is 2. The summed E-state index contributed by atoms with van der Waals surface area (Å²) >= 11 is 0. The number of H-pyrrole nitrogens is 1. The summed E-state index contributed by atoms with van der Waals surface area (Å²) in [7, 11) is 0. The molecule has 57 heavy (non-hydrogen) atoms. The second-order valence-electron chi connectivity index (χ2n) is 16.6. The van der Waals surface area contributed by atoms with Crippen LogP contribution in [0.25, 0.3) is 10.9 Å². The van der Waals surface area contributed by atoms with Crippen LogP contribution >= 0.6 is 0 Å². The third kappa shape index (κ3) is 8.16. The number of rotatable bonds is 14. The summed E-state index contributed by atoms with van der Waals surface area (Å²) in [5, 5.41) is 13.4. The predicted octanol–water partition coefficient (Wildman–Crippen LogP) is 4.63. The summed E-state index contributed by atoms with van der Waals surface area (Å²) in [5.74, 6) is 0.570. The third-order valence-electron chi connectivity index (χ3n) is 12.5. The van der Waals surface area contributed by atoms with Gasteiger partial charge in [0.25, 0.3) is 0 Å². The average Bonchev–Trinajstić information content (AvgIpc) is 3.94. The maximum Gasteiger partial charge on any atom is 0.237 e. The molecule has 4 aromatic rings. The predicted molar refractivity (Wildman–Crippen MR) is 223 cm³/mol. The zero-order chi connectivity index (χ0) is 40.4. The number of amides is 2. The van der Waals surface area contributed by atoms with Gasteiger partial charge in [-0.1, -0.05) is 33.8 Å². The molecule has 302 valence electrons. The Bertz CT molecular complexity index is 2190. The van der Waals surface area contributed by atoms with E-state index in [1.54, 1.807) is 6.07 Å². The average molecular weight is 775 g/mol. The van der Waals surface area contributed by atoms with Crippen molar-refractivity contribution in [2.75, 3.05) is 56.4 Å². The van der Waals surface area contributed by atoms with Gasteiger partial charge in [-0.2, -0.15) is 5.26 Å². The highest BCUT2D eigenvalue weighted by Crippen LogP contribution is 2.46. The summed E-state index contributed by atoms with van der Waals surface area (Å²) in [6.45, 7) is 14.9. The van der Waals surface area contributed by atoms with Gasteiger partial charge in [-0.05, 0) is 86.9 Å². The van der Waals surface area contributed by atoms with Crippen LogP contribution in [0.2, 0.25) is 0 Å². The van der Waals surface area contributed by atoms with Gasteiger partial charge in [0.2, 0.25) is 11.8 Å². The monoisotopic (exact) mass is 774 g/mol. The largest absolute Gasteiger partial charge is 0.369 e. The van der Waals surface area contributed by atoms with E-state index in [9.17, 15) is 19.6 Å². The topological polar surface area (TPSA) is 182 Å². The number of carbonyl (C=O) groups excluding carboxylic acids is 3. The number of piperazine rings is 1. The van der Waals surface area contributed by atoms with Crippen LogP contribution in [0, 0.1) is 11.3 Å². The summed E-state index contributed by atoms with van der Waals surface area (Å²) in [5.41, 5.74) is 19.8. The summed E-state index contributed by atoms with van der Waals surface area (Å²) in [6, 6.07) is 11.6. The lowest BCUT2D eigenvalue weighted by Gasteiger charge is -2.39. The van der Waals surface area contributed by atoms with Gasteiger partial charge in [0.1, 0.15) is 0 Å². The molecule has 3 aliphatic rings. The van der Waals surface area contributed by atoms with Crippen molar-refractivity contribution in [1.29, 1.82) is 5.26 Å². The standard InChI is InChI=1S/C44H58N10O3/c1-5-29-23-33-34(44(3,4)41-39(40(33)56)32-14-13-28(25-45)22-36(32)50-41)24-37(29)52-18-20-53(21-19-52)38(55)12-8-7-10-30-27-54(43(47)49-30)16-9-11-35(46)42(57)48-31-15-17-51(6-2)26-31/h13-14,22-24,27,31,35,50H,5-12,15-21,26,46H2,1-4H3,(H2,47,49)(H,48,57)/t31-,35+/m1/s1. The number of imidazole rings is 1. The molecule has 2 amide bonds. The molecule has 0 radical (unpaired) electrons. The minimum Gasteiger partial charge on any atom is -0.369 e. The Labute approximate surface area is 335 Å². The van der Waals surface area contributed by atoms with Gasteiger partial charge in [0, 0.05) is 97.7 Å². The maximum absolute atomic E-state index is 14.1. The lowest BCUT2D eigenvalue weighted by atomic mass is 9.70. The maximum atomic E-state index is 14.1. The second-order valence-corrected chi connectivity index (χ2v) is 16.6. The summed E-state index contributed by atoms with van der Waals surface area (Å²) in [4.78, 5) is 54.7. The van der Waals surface area contributed by atoms with Gasteiger partial charge in [-0.15, -0.1) is 0 Å². The van der Waals surface area contributed by atoms with Crippen LogP contribution in [-0.2, 0) is 34.4 Å². The number of fused-ring (bicyclic) bond motifs is 4. The lowest BCUT2D eigenvalue weighted by Crippen LogP contribution is -2.49. The van der Waals surface area contributed by atoms with Crippen molar-refractivity contribution >= 4 is 40.1 Å². The number of aromatic nitrogens is 3. The van der Waals surface area contributed by atoms with Gasteiger partial charge < -0.3 is 41.0 Å². The van der Waals surface area contributed by atoms with Crippen LogP contribution in [0.5, 0.6) is 0 Å². The lowest BCUT2D eigenvalue weighted by molar-refractivity contribution is -0.131. The van der Waals surface area contributed by atoms with E-state index in [-0.39, 0.29) is 23.6 Å². The van der Waals surface area contributed by atoms with E-state index in [1.807, 2.05) is 27.8 Å². The van der Waals surface area contributed by atoms with E-state index in [4.69, 9.17) is 11.5 Å². The minimum absolute atomic E-state index is 0.0184. The summed E-state index contributed by atoms with van der Waals surface area (Å²) in [6.07, 6.45) is 7.88. The molecule has 0 spiro atoms. The van der Waals surface area contributed by atoms with Gasteiger partial charge in [-0.3, -0.25) is 14.4 Å². The molecule has 2 atom stereocenters. The van der Waals surface area contributed by atoms with Crippen LogP contribution in [0.1, 0.15) is 110 Å². The first-order chi connectivity index (χ1) is 27.4. The molecule has 4 heterocycles. The molecular weight excluding hydrogens is 717 g/mol. The van der Waals surface area contributed by atoms with Crippen molar-refractivity contribution in [3.05, 3.63) is 75.7 Å². The number of unbranched alkanes of at least 4 members (excludes halogenated alkanes) is 1. The zero-order valence-electron chi connectivity index (χ0n) is 34.0. The highest BCUT2D eigenvalue weighted by molar-refractivity contribution is 6.20. The van der Waals surface area contributed by atoms with Crippen molar-refractivity contribution < 1.29 is 14.4 Å². The van der Waals surface area contributed by atoms with Crippen LogP contribution < -0.4 is 21.7 Å². The molecule has 2 aliphatic heterocycles. The number of hydrogen-bond donors (Lipinski definition) is 4. The van der Waals surface area contributed by atoms with Crippen molar-refractivity contribution in [2.24, 2.45) is 5.73 Å². The number of nitrogen functional groups attached to an aromatic ring is 1. The molecule has 1 aliphatic carbocycles. The first-order valence-corrected chi connectivity index (χ1v) is 20.8. The molecule has 13 nitrogen and oxygen atoms in total. The fourth-order valence-electron chi connectivity index (χ4n) is 9.04. The summed E-state index contributed by atoms with van der Waals surface area (Å²) < 4.78 is 1.93. The Hall–Kier alpha value is -5.19. The normalized spacial score (nSPS) is 18.4. The van der Waals surface area contributed by atoms with Gasteiger partial charge >= 0.3 is 0 Å². The minimum atomic E-state index is -0.542. The number of ketones is 1. The molecular formula is C44H58N10O3. The first kappa shape index (κ1) is 40.0. The number of nitrogens with one attached hydrogen (secondary N) is 2. The Morgan fingerprint density at radius 1 is 1.09 bits per heavy atom. The van der Waals surface area contributed by atoms with Gasteiger partial charge in [-0.25, -0.2) is 4.98 Å². The fourth-order valence-corrected chi connectivity index (χ4v) is 9.04. The number of aromatic amines is 1. The molecule has 2 aromatic heterocycles. The first-order valence-electron chi connectivity index (χ1n) is 20.8. The van der Waals surface area contributed by atoms with Crippen molar-refractivity contribution in [1.82, 2.24) is 29.7 Å². The smallest absolute Gasteiger partial charge is 0.237 e. The fraction of sp³-hybridized carbons (Fsp3) is 0.523. The molecule has 0 bridgehead atoms. The van der Waals surface area contributed by atoms with E-state index in [1.165, 1.54) is 0 Å². The Morgan fingerprint density at radius 2 is 1.88 bits per heavy atom. The van der Waals surface area contributed by atoms with Crippen molar-refractivity contribution in [3.8, 4) is 6.07 Å². The highest BCUT2D eigenvalue weighted by Gasteiger charge is 2.41. The Balaban J connectivity index is 0.878. The van der Waals surface area contributed by atoms with Crippen molar-refractivity contribution in [2.45, 2.75) is 103 Å². The van der Waals surface area contributed by atoms with E-state index in [2.05, 4.69) is 71.0 Å². The van der Waals surface area contributed by atoms with Crippen LogP contribution in [0.3, 0.4) is 0 Å². The quantitative estimate of drug-likeness (QED) is 0.133. The number of nitrogens with zero attached hydrogens (tertiary/aromatic N) is 6. The van der Waals surface area contributed by atoms with Crippen molar-refractivity contribution in [3.63, 3.8) is 0 Å².